The number of fused-ring (bicyclic) bond motifs is 1. The number of aromatic nitrogens is 2. The minimum atomic E-state index is -4.39. The summed E-state index contributed by atoms with van der Waals surface area (Å²) >= 11 is 3.12. The summed E-state index contributed by atoms with van der Waals surface area (Å²) in [7, 11) is 0. The minimum absolute atomic E-state index is 0.364. The molecule has 1 aliphatic carbocycles. The highest BCUT2D eigenvalue weighted by atomic mass is 79.9. The fourth-order valence-corrected chi connectivity index (χ4v) is 3.02. The zero-order chi connectivity index (χ0) is 14.5. The Morgan fingerprint density at radius 2 is 1.95 bits per heavy atom. The zero-order valence-electron chi connectivity index (χ0n) is 10.3. The molecule has 0 spiro atoms. The summed E-state index contributed by atoms with van der Waals surface area (Å²) in [5, 5.41) is 4.17. The Morgan fingerprint density at radius 3 is 2.65 bits per heavy atom. The van der Waals surface area contributed by atoms with Gasteiger partial charge >= 0.3 is 6.18 Å². The van der Waals surface area contributed by atoms with Crippen LogP contribution < -0.4 is 5.73 Å². The summed E-state index contributed by atoms with van der Waals surface area (Å²) in [4.78, 5) is 0. The number of rotatable bonds is 1. The highest BCUT2D eigenvalue weighted by Gasteiger charge is 2.32. The molecule has 0 unspecified atom stereocenters. The number of nitrogens with two attached hydrogens (primary N) is 1. The third kappa shape index (κ3) is 2.19. The maximum atomic E-state index is 12.9. The monoisotopic (exact) mass is 345 g/mol. The van der Waals surface area contributed by atoms with Gasteiger partial charge in [-0.15, -0.1) is 0 Å². The molecule has 0 saturated carbocycles. The second-order valence-corrected chi connectivity index (χ2v) is 5.69. The van der Waals surface area contributed by atoms with E-state index in [9.17, 15) is 13.2 Å². The molecule has 1 aromatic carbocycles. The Kier molecular flexibility index (Phi) is 3.04. The van der Waals surface area contributed by atoms with Crippen molar-refractivity contribution in [1.29, 1.82) is 0 Å². The van der Waals surface area contributed by atoms with E-state index in [2.05, 4.69) is 21.0 Å². The molecule has 1 aromatic heterocycles. The van der Waals surface area contributed by atoms with Gasteiger partial charge in [-0.05, 0) is 37.5 Å². The molecule has 2 aromatic rings. The number of halogens is 4. The quantitative estimate of drug-likeness (QED) is 0.855. The lowest BCUT2D eigenvalue weighted by atomic mass is 10.2. The fraction of sp³-hybridized carbons (Fsp3) is 0.308. The van der Waals surface area contributed by atoms with E-state index < -0.39 is 11.7 Å². The number of nitrogen functional groups attached to an aromatic ring is 1. The van der Waals surface area contributed by atoms with E-state index in [1.807, 2.05) is 0 Å². The van der Waals surface area contributed by atoms with Gasteiger partial charge in [0.15, 0.2) is 0 Å². The van der Waals surface area contributed by atoms with Crippen molar-refractivity contribution in [3.05, 3.63) is 39.5 Å². The first-order valence-electron chi connectivity index (χ1n) is 6.10. The molecule has 3 nitrogen and oxygen atoms in total. The predicted octanol–water partition coefficient (Wildman–Crippen LogP) is 3.72. The molecule has 0 aliphatic heterocycles. The lowest BCUT2D eigenvalue weighted by Crippen LogP contribution is -2.08. The molecule has 0 amide bonds. The number of alkyl halides is 3. The molecular weight excluding hydrogens is 335 g/mol. The molecule has 0 atom stereocenters. The largest absolute Gasteiger partial charge is 0.416 e. The normalized spacial score (nSPS) is 14.6. The molecule has 1 aliphatic rings. The summed E-state index contributed by atoms with van der Waals surface area (Å²) in [6.45, 7) is 0. The Labute approximate surface area is 121 Å². The first-order valence-corrected chi connectivity index (χ1v) is 6.90. The van der Waals surface area contributed by atoms with E-state index in [4.69, 9.17) is 5.73 Å². The number of hydrogen-bond donors (Lipinski definition) is 1. The van der Waals surface area contributed by atoms with E-state index in [1.165, 1.54) is 4.68 Å². The van der Waals surface area contributed by atoms with Crippen LogP contribution in [0.5, 0.6) is 0 Å². The molecule has 106 valence electrons. The second-order valence-electron chi connectivity index (χ2n) is 4.77. The minimum Gasteiger partial charge on any atom is -0.382 e. The molecule has 3 rings (SSSR count). The number of anilines is 1. The van der Waals surface area contributed by atoms with Crippen molar-refractivity contribution in [3.8, 4) is 5.69 Å². The fourth-order valence-electron chi connectivity index (χ4n) is 2.54. The van der Waals surface area contributed by atoms with Crippen molar-refractivity contribution < 1.29 is 13.2 Å². The van der Waals surface area contributed by atoms with Gasteiger partial charge in [0.2, 0.25) is 0 Å². The molecule has 20 heavy (non-hydrogen) atoms. The standard InChI is InChI=1S/C13H11BrF3N3/c14-8-4-7(13(15,16)17)5-9(6-8)20-11-3-1-2-10(11)12(18)19-20/h4-6H,1-3H2,(H2,18,19). The summed E-state index contributed by atoms with van der Waals surface area (Å²) < 4.78 is 40.5. The smallest absolute Gasteiger partial charge is 0.382 e. The van der Waals surface area contributed by atoms with E-state index in [1.54, 1.807) is 6.07 Å². The second kappa shape index (κ2) is 4.51. The van der Waals surface area contributed by atoms with E-state index >= 15 is 0 Å². The third-order valence-corrected chi connectivity index (χ3v) is 3.87. The average molecular weight is 346 g/mol. The zero-order valence-corrected chi connectivity index (χ0v) is 11.9. The maximum Gasteiger partial charge on any atom is 0.416 e. The molecule has 1 heterocycles. The molecule has 2 N–H and O–H groups in total. The molecule has 0 radical (unpaired) electrons. The van der Waals surface area contributed by atoms with Gasteiger partial charge in [0.25, 0.3) is 0 Å². The van der Waals surface area contributed by atoms with Crippen LogP contribution in [0.3, 0.4) is 0 Å². The van der Waals surface area contributed by atoms with Crippen LogP contribution in [0.2, 0.25) is 0 Å². The topological polar surface area (TPSA) is 43.8 Å². The molecule has 0 fully saturated rings. The maximum absolute atomic E-state index is 12.9. The van der Waals surface area contributed by atoms with Gasteiger partial charge < -0.3 is 5.73 Å². The van der Waals surface area contributed by atoms with Gasteiger partial charge in [-0.2, -0.15) is 18.3 Å². The number of benzene rings is 1. The first-order chi connectivity index (χ1) is 9.36. The highest BCUT2D eigenvalue weighted by molar-refractivity contribution is 9.10. The van der Waals surface area contributed by atoms with Crippen LogP contribution in [0.1, 0.15) is 23.2 Å². The third-order valence-electron chi connectivity index (χ3n) is 3.42. The summed E-state index contributed by atoms with van der Waals surface area (Å²) in [5.41, 5.74) is 7.36. The van der Waals surface area contributed by atoms with Crippen LogP contribution in [-0.2, 0) is 19.0 Å². The van der Waals surface area contributed by atoms with E-state index in [-0.39, 0.29) is 0 Å². The average Bonchev–Trinajstić information content (AvgIpc) is 2.92. The van der Waals surface area contributed by atoms with Crippen molar-refractivity contribution in [3.63, 3.8) is 0 Å². The molecule has 0 saturated heterocycles. The Morgan fingerprint density at radius 1 is 1.20 bits per heavy atom. The lowest BCUT2D eigenvalue weighted by molar-refractivity contribution is -0.137. The van der Waals surface area contributed by atoms with Gasteiger partial charge in [-0.25, -0.2) is 4.68 Å². The predicted molar refractivity (Wildman–Crippen MR) is 72.7 cm³/mol. The van der Waals surface area contributed by atoms with Crippen LogP contribution in [-0.4, -0.2) is 9.78 Å². The summed E-state index contributed by atoms with van der Waals surface area (Å²) in [5.74, 6) is 0.408. The van der Waals surface area contributed by atoms with Crippen molar-refractivity contribution in [1.82, 2.24) is 9.78 Å². The number of nitrogens with zero attached hydrogens (tertiary/aromatic N) is 2. The van der Waals surface area contributed by atoms with E-state index in [0.717, 1.165) is 42.7 Å². The Bertz CT molecular complexity index is 676. The summed E-state index contributed by atoms with van der Waals surface area (Å²) in [6, 6.07) is 3.76. The van der Waals surface area contributed by atoms with Gasteiger partial charge in [-0.1, -0.05) is 15.9 Å². The van der Waals surface area contributed by atoms with Gasteiger partial charge in [0.05, 0.1) is 11.3 Å². The molecular formula is C13H11BrF3N3. The van der Waals surface area contributed by atoms with Crippen molar-refractivity contribution in [2.75, 3.05) is 5.73 Å². The van der Waals surface area contributed by atoms with Crippen LogP contribution in [0.4, 0.5) is 19.0 Å². The summed E-state index contributed by atoms with van der Waals surface area (Å²) in [6.07, 6.45) is -1.81. The van der Waals surface area contributed by atoms with Crippen LogP contribution in [0, 0.1) is 0 Å². The van der Waals surface area contributed by atoms with E-state index in [0.29, 0.717) is 16.0 Å². The van der Waals surface area contributed by atoms with Gasteiger partial charge in [-0.3, -0.25) is 0 Å². The number of hydrogen-bond acceptors (Lipinski definition) is 2. The van der Waals surface area contributed by atoms with Crippen LogP contribution in [0.15, 0.2) is 22.7 Å². The van der Waals surface area contributed by atoms with Crippen molar-refractivity contribution in [2.45, 2.75) is 25.4 Å². The highest BCUT2D eigenvalue weighted by Crippen LogP contribution is 2.35. The van der Waals surface area contributed by atoms with Crippen LogP contribution >= 0.6 is 15.9 Å². The Balaban J connectivity index is 2.16. The first kappa shape index (κ1) is 13.5. The molecule has 7 heteroatoms. The molecule has 0 bridgehead atoms. The van der Waals surface area contributed by atoms with Crippen LogP contribution in [0.25, 0.3) is 5.69 Å². The van der Waals surface area contributed by atoms with Crippen molar-refractivity contribution in [2.24, 2.45) is 0 Å². The lowest BCUT2D eigenvalue weighted by Gasteiger charge is -2.11. The van der Waals surface area contributed by atoms with Crippen molar-refractivity contribution >= 4 is 21.7 Å². The van der Waals surface area contributed by atoms with Gasteiger partial charge in [0, 0.05) is 15.7 Å². The van der Waals surface area contributed by atoms with Gasteiger partial charge in [0.1, 0.15) is 5.82 Å². The Hall–Kier alpha value is -1.50. The SMILES string of the molecule is Nc1nn(-c2cc(Br)cc(C(F)(F)F)c2)c2c1CCC2.